The molecule has 0 aromatic heterocycles. The lowest BCUT2D eigenvalue weighted by atomic mass is 10.1. The zero-order valence-electron chi connectivity index (χ0n) is 11.4. The van der Waals surface area contributed by atoms with Gasteiger partial charge >= 0.3 is 11.9 Å². The second-order valence-electron chi connectivity index (χ2n) is 4.50. The second kappa shape index (κ2) is 8.80. The molecule has 1 fully saturated rings. The third-order valence-corrected chi connectivity index (χ3v) is 4.06. The summed E-state index contributed by atoms with van der Waals surface area (Å²) in [6.07, 6.45) is 0.237. The highest BCUT2D eigenvalue weighted by Crippen LogP contribution is 2.10. The minimum Gasteiger partial charge on any atom is -0.480 e. The number of thioether (sulfide) groups is 1. The molecule has 1 heterocycles. The van der Waals surface area contributed by atoms with Crippen molar-refractivity contribution in [1.82, 2.24) is 10.6 Å². The van der Waals surface area contributed by atoms with Gasteiger partial charge in [-0.05, 0) is 6.42 Å². The maximum absolute atomic E-state index is 11.8. The molecular formula is C12H20N2O5S. The zero-order chi connectivity index (χ0) is 15.0. The molecule has 0 aromatic carbocycles. The van der Waals surface area contributed by atoms with Gasteiger partial charge in [0.2, 0.25) is 5.91 Å². The van der Waals surface area contributed by atoms with E-state index in [1.54, 1.807) is 11.8 Å². The molecule has 20 heavy (non-hydrogen) atoms. The van der Waals surface area contributed by atoms with Crippen LogP contribution < -0.4 is 10.6 Å². The van der Waals surface area contributed by atoms with Crippen LogP contribution in [0.2, 0.25) is 0 Å². The largest absolute Gasteiger partial charge is 0.480 e. The van der Waals surface area contributed by atoms with Crippen molar-refractivity contribution in [3.8, 4) is 0 Å². The summed E-state index contributed by atoms with van der Waals surface area (Å²) in [4.78, 5) is 33.8. The SMILES string of the molecule is COC(=O)CC[C@@H](NC(=O)CC1CSCCN1)C(=O)O. The Morgan fingerprint density at radius 1 is 1.50 bits per heavy atom. The molecule has 1 saturated heterocycles. The molecular weight excluding hydrogens is 284 g/mol. The molecule has 2 atom stereocenters. The molecule has 0 aliphatic carbocycles. The third-order valence-electron chi connectivity index (χ3n) is 2.93. The van der Waals surface area contributed by atoms with E-state index in [4.69, 9.17) is 5.11 Å². The van der Waals surface area contributed by atoms with Crippen LogP contribution in [0, 0.1) is 0 Å². The van der Waals surface area contributed by atoms with Crippen molar-refractivity contribution in [2.75, 3.05) is 25.2 Å². The molecule has 0 saturated carbocycles. The molecule has 1 rings (SSSR count). The average Bonchev–Trinajstić information content (AvgIpc) is 2.43. The lowest BCUT2D eigenvalue weighted by Gasteiger charge is -2.23. The molecule has 1 unspecified atom stereocenters. The Bertz CT molecular complexity index is 358. The number of nitrogens with one attached hydrogen (secondary N) is 2. The molecule has 0 bridgehead atoms. The second-order valence-corrected chi connectivity index (χ2v) is 5.65. The van der Waals surface area contributed by atoms with Crippen LogP contribution in [0.3, 0.4) is 0 Å². The van der Waals surface area contributed by atoms with Crippen molar-refractivity contribution in [3.63, 3.8) is 0 Å². The number of carbonyl (C=O) groups is 3. The number of carboxylic acids is 1. The molecule has 0 aromatic rings. The molecule has 114 valence electrons. The van der Waals surface area contributed by atoms with Gasteiger partial charge in [-0.1, -0.05) is 0 Å². The van der Waals surface area contributed by atoms with E-state index in [-0.39, 0.29) is 31.2 Å². The number of carbonyl (C=O) groups excluding carboxylic acids is 2. The fourth-order valence-corrected chi connectivity index (χ4v) is 2.80. The summed E-state index contributed by atoms with van der Waals surface area (Å²) < 4.78 is 4.45. The summed E-state index contributed by atoms with van der Waals surface area (Å²) in [6.45, 7) is 0.854. The molecule has 0 radical (unpaired) electrons. The zero-order valence-corrected chi connectivity index (χ0v) is 12.2. The van der Waals surface area contributed by atoms with Crippen LogP contribution in [0.15, 0.2) is 0 Å². The standard InChI is InChI=1S/C12H20N2O5S/c1-19-11(16)3-2-9(12(17)18)14-10(15)6-8-7-20-5-4-13-8/h8-9,13H,2-7H2,1H3,(H,14,15)(H,17,18)/t8?,9-/m1/s1. The van der Waals surface area contributed by atoms with Crippen molar-refractivity contribution >= 4 is 29.6 Å². The number of amides is 1. The van der Waals surface area contributed by atoms with Gasteiger partial charge in [0.05, 0.1) is 7.11 Å². The Kier molecular flexibility index (Phi) is 7.38. The first-order valence-electron chi connectivity index (χ1n) is 6.43. The van der Waals surface area contributed by atoms with Gasteiger partial charge in [-0.2, -0.15) is 11.8 Å². The predicted molar refractivity (Wildman–Crippen MR) is 74.5 cm³/mol. The van der Waals surface area contributed by atoms with Gasteiger partial charge < -0.3 is 20.5 Å². The Labute approximate surface area is 121 Å². The molecule has 1 amide bonds. The molecule has 1 aliphatic heterocycles. The number of methoxy groups -OCH3 is 1. The van der Waals surface area contributed by atoms with E-state index in [1.165, 1.54) is 7.11 Å². The summed E-state index contributed by atoms with van der Waals surface area (Å²) in [6, 6.07) is -0.985. The molecule has 1 aliphatic rings. The van der Waals surface area contributed by atoms with Crippen molar-refractivity contribution in [2.45, 2.75) is 31.3 Å². The van der Waals surface area contributed by atoms with E-state index in [2.05, 4.69) is 15.4 Å². The Morgan fingerprint density at radius 3 is 2.80 bits per heavy atom. The quantitative estimate of drug-likeness (QED) is 0.550. The first-order valence-corrected chi connectivity index (χ1v) is 7.58. The van der Waals surface area contributed by atoms with E-state index in [0.29, 0.717) is 0 Å². The van der Waals surface area contributed by atoms with Gasteiger partial charge in [0.15, 0.2) is 0 Å². The minimum absolute atomic E-state index is 0.0284. The average molecular weight is 304 g/mol. The van der Waals surface area contributed by atoms with Crippen molar-refractivity contribution in [3.05, 3.63) is 0 Å². The number of ether oxygens (including phenoxy) is 1. The summed E-state index contributed by atoms with van der Waals surface area (Å²) in [5.41, 5.74) is 0. The van der Waals surface area contributed by atoms with E-state index in [1.807, 2.05) is 0 Å². The van der Waals surface area contributed by atoms with Gasteiger partial charge in [0, 0.05) is 36.9 Å². The summed E-state index contributed by atoms with van der Waals surface area (Å²) in [5, 5.41) is 14.7. The summed E-state index contributed by atoms with van der Waals surface area (Å²) in [7, 11) is 1.24. The molecule has 3 N–H and O–H groups in total. The summed E-state index contributed by atoms with van der Waals surface area (Å²) in [5.74, 6) is -0.0890. The van der Waals surface area contributed by atoms with Crippen LogP contribution in [0.5, 0.6) is 0 Å². The van der Waals surface area contributed by atoms with Gasteiger partial charge in [0.25, 0.3) is 0 Å². The van der Waals surface area contributed by atoms with Crippen LogP contribution in [0.1, 0.15) is 19.3 Å². The van der Waals surface area contributed by atoms with Gasteiger partial charge in [-0.3, -0.25) is 9.59 Å². The predicted octanol–water partition coefficient (Wildman–Crippen LogP) is -0.396. The molecule has 0 spiro atoms. The summed E-state index contributed by atoms with van der Waals surface area (Å²) >= 11 is 1.77. The highest BCUT2D eigenvalue weighted by atomic mass is 32.2. The van der Waals surface area contributed by atoms with Crippen LogP contribution in [0.4, 0.5) is 0 Å². The van der Waals surface area contributed by atoms with Crippen LogP contribution in [0.25, 0.3) is 0 Å². The van der Waals surface area contributed by atoms with E-state index in [0.717, 1.165) is 18.1 Å². The van der Waals surface area contributed by atoms with E-state index >= 15 is 0 Å². The first kappa shape index (κ1) is 16.8. The number of esters is 1. The monoisotopic (exact) mass is 304 g/mol. The van der Waals surface area contributed by atoms with Crippen molar-refractivity contribution in [1.29, 1.82) is 0 Å². The van der Waals surface area contributed by atoms with Crippen LogP contribution in [-0.2, 0) is 19.1 Å². The highest BCUT2D eigenvalue weighted by Gasteiger charge is 2.23. The fourth-order valence-electron chi connectivity index (χ4n) is 1.85. The number of carboxylic acid groups (broad SMARTS) is 1. The fraction of sp³-hybridized carbons (Fsp3) is 0.750. The number of hydrogen-bond donors (Lipinski definition) is 3. The van der Waals surface area contributed by atoms with E-state index < -0.39 is 18.0 Å². The first-order chi connectivity index (χ1) is 9.52. The van der Waals surface area contributed by atoms with Crippen LogP contribution in [-0.4, -0.2) is 60.2 Å². The lowest BCUT2D eigenvalue weighted by Crippen LogP contribution is -2.46. The topological polar surface area (TPSA) is 105 Å². The Morgan fingerprint density at radius 2 is 2.25 bits per heavy atom. The van der Waals surface area contributed by atoms with Crippen LogP contribution >= 0.6 is 11.8 Å². The third kappa shape index (κ3) is 6.25. The lowest BCUT2D eigenvalue weighted by molar-refractivity contribution is -0.144. The molecule has 7 nitrogen and oxygen atoms in total. The minimum atomic E-state index is -1.15. The van der Waals surface area contributed by atoms with E-state index in [9.17, 15) is 14.4 Å². The highest BCUT2D eigenvalue weighted by molar-refractivity contribution is 7.99. The van der Waals surface area contributed by atoms with Gasteiger partial charge in [-0.25, -0.2) is 4.79 Å². The Hall–Kier alpha value is -1.28. The van der Waals surface area contributed by atoms with Crippen molar-refractivity contribution in [2.24, 2.45) is 0 Å². The van der Waals surface area contributed by atoms with Gasteiger partial charge in [0.1, 0.15) is 6.04 Å². The van der Waals surface area contributed by atoms with Crippen molar-refractivity contribution < 1.29 is 24.2 Å². The van der Waals surface area contributed by atoms with Gasteiger partial charge in [-0.15, -0.1) is 0 Å². The number of rotatable bonds is 7. The Balaban J connectivity index is 2.37. The normalized spacial score (nSPS) is 19.9. The maximum Gasteiger partial charge on any atom is 0.326 e. The number of aliphatic carboxylic acids is 1. The molecule has 8 heteroatoms. The number of hydrogen-bond acceptors (Lipinski definition) is 6. The smallest absolute Gasteiger partial charge is 0.326 e. The maximum atomic E-state index is 11.8.